The third-order valence-electron chi connectivity index (χ3n) is 6.93. The van der Waals surface area contributed by atoms with Gasteiger partial charge in [0, 0.05) is 31.0 Å². The molecule has 0 aliphatic carbocycles. The van der Waals surface area contributed by atoms with Crippen LogP contribution in [0.15, 0.2) is 87.4 Å². The van der Waals surface area contributed by atoms with E-state index in [9.17, 15) is 23.1 Å². The fourth-order valence-electron chi connectivity index (χ4n) is 4.82. The second kappa shape index (κ2) is 11.8. The number of unbranched alkanes of at least 4 members (excludes halogenated alkanes) is 1. The molecule has 1 heterocycles. The molecule has 4 rings (SSSR count). The average molecular weight is 560 g/mol. The number of nitrogens with zero attached hydrogens (tertiary/aromatic N) is 1. The predicted octanol–water partition coefficient (Wildman–Crippen LogP) is 5.36. The first-order chi connectivity index (χ1) is 19.1. The van der Waals surface area contributed by atoms with Gasteiger partial charge in [0.25, 0.3) is 11.5 Å². The highest BCUT2D eigenvalue weighted by molar-refractivity contribution is 7.91. The Kier molecular flexibility index (Phi) is 8.44. The van der Waals surface area contributed by atoms with E-state index in [2.05, 4.69) is 10.3 Å². The molecule has 208 valence electrons. The van der Waals surface area contributed by atoms with Crippen molar-refractivity contribution < 1.29 is 18.3 Å². The maximum absolute atomic E-state index is 13.8. The van der Waals surface area contributed by atoms with Crippen molar-refractivity contribution in [3.8, 4) is 16.9 Å². The molecule has 0 spiro atoms. The lowest BCUT2D eigenvalue weighted by Crippen LogP contribution is -2.24. The second-order valence-electron chi connectivity index (χ2n) is 9.56. The Bertz CT molecular complexity index is 1710. The summed E-state index contributed by atoms with van der Waals surface area (Å²) < 4.78 is 27.6. The van der Waals surface area contributed by atoms with Gasteiger partial charge >= 0.3 is 0 Å². The smallest absolute Gasteiger partial charge is 0.271 e. The Morgan fingerprint density at radius 3 is 2.30 bits per heavy atom. The van der Waals surface area contributed by atoms with Crippen molar-refractivity contribution in [3.63, 3.8) is 0 Å². The predicted molar refractivity (Wildman–Crippen MR) is 157 cm³/mol. The van der Waals surface area contributed by atoms with E-state index in [-0.39, 0.29) is 16.5 Å². The van der Waals surface area contributed by atoms with Gasteiger partial charge in [-0.15, -0.1) is 0 Å². The number of rotatable bonds is 9. The first-order valence-electron chi connectivity index (χ1n) is 13.1. The lowest BCUT2D eigenvalue weighted by atomic mass is 9.99. The number of carbonyl (C=O) groups is 1. The van der Waals surface area contributed by atoms with Crippen LogP contribution in [0.25, 0.3) is 11.1 Å². The Balaban J connectivity index is 1.84. The number of hydrogen-bond donors (Lipinski definition) is 3. The molecule has 40 heavy (non-hydrogen) atoms. The molecule has 0 saturated carbocycles. The van der Waals surface area contributed by atoms with Crippen molar-refractivity contribution >= 4 is 27.1 Å². The summed E-state index contributed by atoms with van der Waals surface area (Å²) >= 11 is 0. The fourth-order valence-corrected chi connectivity index (χ4v) is 6.19. The maximum Gasteiger partial charge on any atom is 0.271 e. The molecular formula is C31H33N3O5S. The van der Waals surface area contributed by atoms with Crippen molar-refractivity contribution in [2.24, 2.45) is 0 Å². The number of pyridine rings is 1. The van der Waals surface area contributed by atoms with Gasteiger partial charge in [0.05, 0.1) is 4.90 Å². The van der Waals surface area contributed by atoms with Gasteiger partial charge in [-0.2, -0.15) is 0 Å². The van der Waals surface area contributed by atoms with E-state index in [4.69, 9.17) is 0 Å². The summed E-state index contributed by atoms with van der Waals surface area (Å²) in [7, 11) is -1.14. The Morgan fingerprint density at radius 1 is 1.00 bits per heavy atom. The molecule has 3 N–H and O–H groups in total. The van der Waals surface area contributed by atoms with Crippen molar-refractivity contribution in [2.45, 2.75) is 42.9 Å². The van der Waals surface area contributed by atoms with Crippen molar-refractivity contribution in [1.29, 1.82) is 0 Å². The number of aromatic hydroxyl groups is 1. The maximum atomic E-state index is 13.8. The van der Waals surface area contributed by atoms with E-state index in [1.54, 1.807) is 48.3 Å². The number of hydrogen-bond acceptors (Lipinski definition) is 6. The summed E-state index contributed by atoms with van der Waals surface area (Å²) in [4.78, 5) is 29.1. The third kappa shape index (κ3) is 5.37. The van der Waals surface area contributed by atoms with Gasteiger partial charge in [-0.05, 0) is 60.7 Å². The summed E-state index contributed by atoms with van der Waals surface area (Å²) in [6.45, 7) is 3.93. The Hall–Kier alpha value is -4.37. The van der Waals surface area contributed by atoms with Gasteiger partial charge in [0.15, 0.2) is 10.6 Å². The minimum atomic E-state index is -4.42. The Labute approximate surface area is 234 Å². The number of carbonyl (C=O) groups excluding carboxylic acids is 1. The largest absolute Gasteiger partial charge is 0.504 e. The van der Waals surface area contributed by atoms with Crippen LogP contribution in [0, 0.1) is 6.92 Å². The highest BCUT2D eigenvalue weighted by Crippen LogP contribution is 2.40. The molecule has 1 amide bonds. The standard InChI is InChI=1S/C31H33N3O5S/c1-5-6-14-25-27(34(4)26-15-10-7-11-20(26)2)28(35)29(31(37)33-25)40(38,39)22-18-16-21(17-19-22)23-12-8-9-13-24(23)30(36)32-3/h7-13,15-19H,5-6,14H2,1-4H3,(H,32,36)(H2,33,35,37). The zero-order chi connectivity index (χ0) is 29.0. The number of amides is 1. The summed E-state index contributed by atoms with van der Waals surface area (Å²) in [5, 5.41) is 14.0. The molecule has 0 aliphatic rings. The average Bonchev–Trinajstić information content (AvgIpc) is 2.95. The van der Waals surface area contributed by atoms with Gasteiger partial charge in [0.1, 0.15) is 5.69 Å². The highest BCUT2D eigenvalue weighted by atomic mass is 32.2. The molecule has 4 aromatic rings. The number of aromatic nitrogens is 1. The number of para-hydroxylation sites is 1. The lowest BCUT2D eigenvalue weighted by Gasteiger charge is -2.26. The zero-order valence-corrected chi connectivity index (χ0v) is 23.8. The van der Waals surface area contributed by atoms with Crippen LogP contribution >= 0.6 is 0 Å². The zero-order valence-electron chi connectivity index (χ0n) is 23.0. The lowest BCUT2D eigenvalue weighted by molar-refractivity contribution is 0.0963. The van der Waals surface area contributed by atoms with Crippen molar-refractivity contribution in [3.05, 3.63) is 100.0 Å². The number of aromatic amines is 1. The van der Waals surface area contributed by atoms with Gasteiger partial charge in [-0.1, -0.05) is 61.9 Å². The molecule has 0 bridgehead atoms. The quantitative estimate of drug-likeness (QED) is 0.254. The first kappa shape index (κ1) is 28.6. The fraction of sp³-hybridized carbons (Fsp3) is 0.226. The SMILES string of the molecule is CCCCc1[nH]c(=O)c(S(=O)(=O)c2ccc(-c3ccccc3C(=O)NC)cc2)c(O)c1N(C)c1ccccc1C. The molecule has 0 aliphatic heterocycles. The number of nitrogens with one attached hydrogen (secondary N) is 2. The molecule has 0 radical (unpaired) electrons. The second-order valence-corrected chi connectivity index (χ2v) is 11.4. The summed E-state index contributed by atoms with van der Waals surface area (Å²) in [6, 6.07) is 20.4. The third-order valence-corrected chi connectivity index (χ3v) is 8.74. The van der Waals surface area contributed by atoms with E-state index < -0.39 is 26.0 Å². The van der Waals surface area contributed by atoms with Gasteiger partial charge in [0.2, 0.25) is 9.84 Å². The van der Waals surface area contributed by atoms with E-state index in [0.29, 0.717) is 28.8 Å². The number of benzene rings is 3. The minimum Gasteiger partial charge on any atom is -0.504 e. The molecule has 0 unspecified atom stereocenters. The van der Waals surface area contributed by atoms with Crippen LogP contribution < -0.4 is 15.8 Å². The normalized spacial score (nSPS) is 11.3. The van der Waals surface area contributed by atoms with Crippen molar-refractivity contribution in [2.75, 3.05) is 19.0 Å². The van der Waals surface area contributed by atoms with Crippen LogP contribution in [0.3, 0.4) is 0 Å². The monoisotopic (exact) mass is 559 g/mol. The number of sulfone groups is 1. The molecular weight excluding hydrogens is 526 g/mol. The highest BCUT2D eigenvalue weighted by Gasteiger charge is 2.31. The van der Waals surface area contributed by atoms with E-state index in [0.717, 1.165) is 24.1 Å². The number of H-pyrrole nitrogens is 1. The van der Waals surface area contributed by atoms with Crippen LogP contribution in [0.1, 0.15) is 41.4 Å². The molecule has 0 fully saturated rings. The van der Waals surface area contributed by atoms with Crippen LogP contribution in [-0.4, -0.2) is 38.5 Å². The first-order valence-corrected chi connectivity index (χ1v) is 14.5. The molecule has 1 aromatic heterocycles. The van der Waals surface area contributed by atoms with E-state index >= 15 is 0 Å². The van der Waals surface area contributed by atoms with Crippen LogP contribution in [0.5, 0.6) is 5.75 Å². The number of anilines is 2. The topological polar surface area (TPSA) is 120 Å². The number of aryl methyl sites for hydroxylation is 2. The van der Waals surface area contributed by atoms with E-state index in [1.165, 1.54) is 19.2 Å². The molecule has 0 atom stereocenters. The molecule has 9 heteroatoms. The summed E-state index contributed by atoms with van der Waals surface area (Å²) in [6.07, 6.45) is 2.06. The van der Waals surface area contributed by atoms with Gasteiger partial charge < -0.3 is 20.3 Å². The van der Waals surface area contributed by atoms with E-state index in [1.807, 2.05) is 38.1 Å². The van der Waals surface area contributed by atoms with Crippen LogP contribution in [-0.2, 0) is 16.3 Å². The molecule has 8 nitrogen and oxygen atoms in total. The van der Waals surface area contributed by atoms with Crippen molar-refractivity contribution in [1.82, 2.24) is 10.3 Å². The summed E-state index contributed by atoms with van der Waals surface area (Å²) in [5.74, 6) is -0.855. The van der Waals surface area contributed by atoms with Gasteiger partial charge in [-0.25, -0.2) is 8.42 Å². The Morgan fingerprint density at radius 2 is 1.65 bits per heavy atom. The van der Waals surface area contributed by atoms with Crippen LogP contribution in [0.4, 0.5) is 11.4 Å². The van der Waals surface area contributed by atoms with Gasteiger partial charge in [-0.3, -0.25) is 9.59 Å². The minimum absolute atomic E-state index is 0.153. The molecule has 3 aromatic carbocycles. The summed E-state index contributed by atoms with van der Waals surface area (Å²) in [5.41, 5.74) is 3.24. The molecule has 0 saturated heterocycles. The van der Waals surface area contributed by atoms with Crippen LogP contribution in [0.2, 0.25) is 0 Å².